The predicted molar refractivity (Wildman–Crippen MR) is 143 cm³/mol. The van der Waals surface area contributed by atoms with Crippen molar-refractivity contribution >= 4 is 11.8 Å². The largest absolute Gasteiger partial charge is 0.477 e. The van der Waals surface area contributed by atoms with E-state index in [1.807, 2.05) is 18.2 Å². The van der Waals surface area contributed by atoms with Crippen molar-refractivity contribution in [3.8, 4) is 11.5 Å². The fourth-order valence-electron chi connectivity index (χ4n) is 7.62. The lowest BCUT2D eigenvalue weighted by atomic mass is 9.49. The van der Waals surface area contributed by atoms with Crippen LogP contribution in [0.3, 0.4) is 0 Å². The van der Waals surface area contributed by atoms with Crippen LogP contribution in [0.2, 0.25) is 0 Å². The lowest BCUT2D eigenvalue weighted by Crippen LogP contribution is -2.76. The number of piperidine rings is 1. The van der Waals surface area contributed by atoms with Gasteiger partial charge in [0.2, 0.25) is 0 Å². The van der Waals surface area contributed by atoms with E-state index in [-0.39, 0.29) is 17.8 Å². The van der Waals surface area contributed by atoms with E-state index >= 15 is 0 Å². The van der Waals surface area contributed by atoms with Crippen LogP contribution in [0.5, 0.6) is 11.5 Å². The molecule has 2 aliphatic heterocycles. The highest BCUT2D eigenvalue weighted by Crippen LogP contribution is 2.64. The van der Waals surface area contributed by atoms with Gasteiger partial charge in [0, 0.05) is 37.5 Å². The Morgan fingerprint density at radius 2 is 1.89 bits per heavy atom. The van der Waals surface area contributed by atoms with Gasteiger partial charge in [-0.1, -0.05) is 70.4 Å². The van der Waals surface area contributed by atoms with Gasteiger partial charge < -0.3 is 14.6 Å². The third-order valence-corrected chi connectivity index (χ3v) is 9.43. The minimum Gasteiger partial charge on any atom is -0.477 e. The fourth-order valence-corrected chi connectivity index (χ4v) is 7.62. The van der Waals surface area contributed by atoms with Crippen molar-refractivity contribution in [1.82, 2.24) is 4.90 Å². The zero-order chi connectivity index (χ0) is 26.0. The first kappa shape index (κ1) is 26.4. The number of ether oxygens (including phenoxy) is 2. The molecule has 1 saturated heterocycles. The van der Waals surface area contributed by atoms with Gasteiger partial charge in [-0.05, 0) is 37.3 Å². The Labute approximate surface area is 221 Å². The number of aliphatic hydroxyl groups is 1. The first-order valence-electron chi connectivity index (χ1n) is 14.6. The molecule has 0 unspecified atom stereocenters. The Balaban J connectivity index is 1.28. The quantitative estimate of drug-likeness (QED) is 0.166. The summed E-state index contributed by atoms with van der Waals surface area (Å²) in [5.74, 6) is 0.681. The molecule has 5 rings (SSSR count). The standard InChI is InChI=1S/C31H43NO5/c1-3-5-6-7-8-9-10-11-12-13-26(34)36-24-15-14-22-21-25-31(35)17-16-23(33)29-30(31,27(22)28(24)37-29)18-20-32(25)19-4-2/h4,14-15,25,29,35H,2-3,5-13,16-21H2,1H3/t25-,29+,30-,31+/m0/s1. The Kier molecular flexibility index (Phi) is 7.78. The Hall–Kier alpha value is -2.18. The van der Waals surface area contributed by atoms with Crippen LogP contribution in [0.15, 0.2) is 24.8 Å². The number of carbonyl (C=O) groups is 2. The topological polar surface area (TPSA) is 76.1 Å². The van der Waals surface area contributed by atoms with Crippen LogP contribution in [0, 0.1) is 0 Å². The summed E-state index contributed by atoms with van der Waals surface area (Å²) in [5.41, 5.74) is 0.183. The number of hydrogen-bond acceptors (Lipinski definition) is 6. The Morgan fingerprint density at radius 1 is 1.16 bits per heavy atom. The lowest BCUT2D eigenvalue weighted by molar-refractivity contribution is -0.187. The van der Waals surface area contributed by atoms with E-state index in [1.165, 1.54) is 38.5 Å². The average Bonchev–Trinajstić information content (AvgIpc) is 3.24. The van der Waals surface area contributed by atoms with Crippen LogP contribution in [-0.2, 0) is 21.4 Å². The van der Waals surface area contributed by atoms with Gasteiger partial charge in [0.15, 0.2) is 23.4 Å². The number of likely N-dealkylation sites (tertiary alicyclic amines) is 1. The number of rotatable bonds is 13. The highest BCUT2D eigenvalue weighted by molar-refractivity contribution is 5.90. The number of unbranched alkanes of at least 4 members (excludes halogenated alkanes) is 8. The molecule has 0 aromatic heterocycles. The Morgan fingerprint density at radius 3 is 2.62 bits per heavy atom. The molecule has 1 spiro atoms. The SMILES string of the molecule is C=CCN1CC[C@]23c4c5ccc(OC(=O)CCCCCCCCCCC)c4O[C@@H]2C(=O)CC[C@@]3(O)[C@@H]1C5. The van der Waals surface area contributed by atoms with Gasteiger partial charge >= 0.3 is 5.97 Å². The molecule has 6 heteroatoms. The molecule has 1 N–H and O–H groups in total. The van der Waals surface area contributed by atoms with Crippen molar-refractivity contribution < 1.29 is 24.2 Å². The van der Waals surface area contributed by atoms with Crippen molar-refractivity contribution in [2.75, 3.05) is 13.1 Å². The van der Waals surface area contributed by atoms with Gasteiger partial charge in [0.05, 0.1) is 11.0 Å². The third kappa shape index (κ3) is 4.44. The van der Waals surface area contributed by atoms with Crippen molar-refractivity contribution in [2.45, 2.75) is 120 Å². The van der Waals surface area contributed by atoms with E-state index in [9.17, 15) is 14.7 Å². The highest BCUT2D eigenvalue weighted by Gasteiger charge is 2.73. The van der Waals surface area contributed by atoms with Crippen molar-refractivity contribution in [3.63, 3.8) is 0 Å². The van der Waals surface area contributed by atoms with Crippen LogP contribution in [0.25, 0.3) is 0 Å². The summed E-state index contributed by atoms with van der Waals surface area (Å²) in [6, 6.07) is 3.74. The second-order valence-electron chi connectivity index (χ2n) is 11.6. The molecule has 4 aliphatic rings. The van der Waals surface area contributed by atoms with Crippen LogP contribution >= 0.6 is 0 Å². The summed E-state index contributed by atoms with van der Waals surface area (Å²) in [6.45, 7) is 7.62. The number of carbonyl (C=O) groups excluding carboxylic acids is 2. The molecule has 202 valence electrons. The summed E-state index contributed by atoms with van der Waals surface area (Å²) >= 11 is 0. The number of nitrogens with zero attached hydrogens (tertiary/aromatic N) is 1. The fraction of sp³-hybridized carbons (Fsp3) is 0.677. The molecule has 1 aromatic carbocycles. The van der Waals surface area contributed by atoms with E-state index in [4.69, 9.17) is 9.47 Å². The Bertz CT molecular complexity index is 1040. The molecule has 6 nitrogen and oxygen atoms in total. The van der Waals surface area contributed by atoms with Gasteiger partial charge in [-0.3, -0.25) is 14.5 Å². The average molecular weight is 510 g/mol. The molecule has 4 atom stereocenters. The van der Waals surface area contributed by atoms with E-state index in [2.05, 4.69) is 18.4 Å². The zero-order valence-electron chi connectivity index (χ0n) is 22.4. The second-order valence-corrected chi connectivity index (χ2v) is 11.6. The zero-order valence-corrected chi connectivity index (χ0v) is 22.4. The van der Waals surface area contributed by atoms with E-state index in [0.29, 0.717) is 50.1 Å². The van der Waals surface area contributed by atoms with E-state index < -0.39 is 17.1 Å². The molecule has 0 amide bonds. The third-order valence-electron chi connectivity index (χ3n) is 9.43. The maximum atomic E-state index is 13.1. The molecule has 2 bridgehead atoms. The minimum atomic E-state index is -1.05. The smallest absolute Gasteiger partial charge is 0.311 e. The predicted octanol–water partition coefficient (Wildman–Crippen LogP) is 5.42. The monoisotopic (exact) mass is 509 g/mol. The molecule has 1 saturated carbocycles. The van der Waals surface area contributed by atoms with Crippen LogP contribution in [0.4, 0.5) is 0 Å². The number of hydrogen-bond donors (Lipinski definition) is 1. The molecule has 2 fully saturated rings. The highest BCUT2D eigenvalue weighted by atomic mass is 16.6. The summed E-state index contributed by atoms with van der Waals surface area (Å²) < 4.78 is 12.2. The van der Waals surface area contributed by atoms with Crippen LogP contribution in [0.1, 0.15) is 102 Å². The number of benzene rings is 1. The van der Waals surface area contributed by atoms with Crippen molar-refractivity contribution in [1.29, 1.82) is 0 Å². The summed E-state index contributed by atoms with van der Waals surface area (Å²) in [4.78, 5) is 28.2. The number of esters is 1. The van der Waals surface area contributed by atoms with E-state index in [0.717, 1.165) is 36.9 Å². The molecule has 1 aromatic rings. The number of Topliss-reactive ketones (excluding diaryl/α,β-unsaturated/α-hetero) is 1. The maximum Gasteiger partial charge on any atom is 0.311 e. The summed E-state index contributed by atoms with van der Waals surface area (Å²) in [6.07, 6.45) is 14.4. The van der Waals surface area contributed by atoms with Crippen molar-refractivity contribution in [2.24, 2.45) is 0 Å². The first-order chi connectivity index (χ1) is 18.0. The van der Waals surface area contributed by atoms with Crippen molar-refractivity contribution in [3.05, 3.63) is 35.9 Å². The second kappa shape index (κ2) is 10.9. The number of ketones is 1. The molecule has 2 heterocycles. The normalized spacial score (nSPS) is 29.5. The van der Waals surface area contributed by atoms with E-state index in [1.54, 1.807) is 0 Å². The molecular weight excluding hydrogens is 466 g/mol. The molecule has 2 aliphatic carbocycles. The van der Waals surface area contributed by atoms with Gasteiger partial charge in [-0.15, -0.1) is 6.58 Å². The maximum absolute atomic E-state index is 13.1. The summed E-state index contributed by atoms with van der Waals surface area (Å²) in [7, 11) is 0. The molecule has 0 radical (unpaired) electrons. The van der Waals surface area contributed by atoms with Gasteiger partial charge in [-0.25, -0.2) is 0 Å². The minimum absolute atomic E-state index is 0.0385. The first-order valence-corrected chi connectivity index (χ1v) is 14.6. The van der Waals surface area contributed by atoms with Gasteiger partial charge in [0.1, 0.15) is 0 Å². The molecular formula is C31H43NO5. The van der Waals surface area contributed by atoms with Crippen LogP contribution < -0.4 is 9.47 Å². The van der Waals surface area contributed by atoms with Gasteiger partial charge in [-0.2, -0.15) is 0 Å². The summed E-state index contributed by atoms with van der Waals surface area (Å²) in [5, 5.41) is 12.2. The van der Waals surface area contributed by atoms with Gasteiger partial charge in [0.25, 0.3) is 0 Å². The molecule has 37 heavy (non-hydrogen) atoms. The lowest BCUT2D eigenvalue weighted by Gasteiger charge is -2.62. The van der Waals surface area contributed by atoms with Crippen LogP contribution in [-0.4, -0.2) is 52.6 Å².